The average Bonchev–Trinajstić information content (AvgIpc) is 3.22. The molecule has 1 unspecified atom stereocenters. The summed E-state index contributed by atoms with van der Waals surface area (Å²) in [4.78, 5) is 12.5. The molecule has 0 spiro atoms. The van der Waals surface area contributed by atoms with Gasteiger partial charge in [-0.25, -0.2) is 4.98 Å². The van der Waals surface area contributed by atoms with Crippen LogP contribution in [0.2, 0.25) is 0 Å². The van der Waals surface area contributed by atoms with Crippen molar-refractivity contribution in [2.75, 3.05) is 0 Å². The van der Waals surface area contributed by atoms with E-state index in [0.717, 1.165) is 18.7 Å². The first-order valence-corrected chi connectivity index (χ1v) is 11.3. The van der Waals surface area contributed by atoms with Crippen LogP contribution in [0, 0.1) is 17.0 Å². The molecular weight excluding hydrogens is 410 g/mol. The molecule has 0 aliphatic carbocycles. The van der Waals surface area contributed by atoms with E-state index in [1.165, 1.54) is 22.3 Å². The van der Waals surface area contributed by atoms with Gasteiger partial charge in [0.25, 0.3) is 5.09 Å². The van der Waals surface area contributed by atoms with Gasteiger partial charge in [0.2, 0.25) is 0 Å². The fourth-order valence-corrected chi connectivity index (χ4v) is 4.32. The highest BCUT2D eigenvalue weighted by Crippen LogP contribution is 2.36. The molecule has 3 aromatic rings. The Kier molecular flexibility index (Phi) is 9.12. The molecule has 0 saturated carbocycles. The Bertz CT molecular complexity index is 914. The minimum atomic E-state index is -1.50. The van der Waals surface area contributed by atoms with Crippen molar-refractivity contribution < 1.29 is 10.3 Å². The zero-order chi connectivity index (χ0) is 22.9. The third-order valence-corrected chi connectivity index (χ3v) is 6.34. The van der Waals surface area contributed by atoms with Crippen molar-refractivity contribution in [3.05, 3.63) is 99.6 Å². The Morgan fingerprint density at radius 1 is 1.13 bits per heavy atom. The third-order valence-electron chi connectivity index (χ3n) is 4.93. The minimum Gasteiger partial charge on any atom is -0.337 e. The highest BCUT2D eigenvalue weighted by Gasteiger charge is 2.16. The summed E-state index contributed by atoms with van der Waals surface area (Å²) in [6, 6.07) is 18.1. The smallest absolute Gasteiger partial charge is 0.291 e. The van der Waals surface area contributed by atoms with Crippen molar-refractivity contribution in [2.45, 2.75) is 57.1 Å². The quantitative estimate of drug-likeness (QED) is 0.348. The van der Waals surface area contributed by atoms with Crippen molar-refractivity contribution in [1.82, 2.24) is 9.55 Å². The molecule has 0 saturated heterocycles. The van der Waals surface area contributed by atoms with Crippen LogP contribution >= 0.6 is 11.8 Å². The molecule has 2 aromatic carbocycles. The van der Waals surface area contributed by atoms with E-state index < -0.39 is 5.09 Å². The van der Waals surface area contributed by atoms with Crippen LogP contribution in [-0.2, 0) is 17.7 Å². The number of benzene rings is 2. The molecule has 0 bridgehead atoms. The van der Waals surface area contributed by atoms with Crippen LogP contribution < -0.4 is 0 Å². The van der Waals surface area contributed by atoms with Crippen LogP contribution in [0.1, 0.15) is 54.7 Å². The van der Waals surface area contributed by atoms with Gasteiger partial charge in [0, 0.05) is 29.9 Å². The van der Waals surface area contributed by atoms with Crippen LogP contribution in [-0.4, -0.2) is 19.8 Å². The number of hydrogen-bond donors (Lipinski definition) is 1. The van der Waals surface area contributed by atoms with Gasteiger partial charge in [-0.15, -0.1) is 21.9 Å². The molecule has 6 nitrogen and oxygen atoms in total. The fourth-order valence-electron chi connectivity index (χ4n) is 3.11. The Labute approximate surface area is 188 Å². The standard InChI is InChI=1S/C24H30N2S.HNO3/c1-19-5-7-20(8-6-19)17-27-23(13-15-26-16-14-25-18-26)21-9-11-22(12-10-21)24(2,3)4;2-1(3)4/h5-12,14,16,18,23H,13,15,17H2,1-4H3;(H,2,3,4). The van der Waals surface area contributed by atoms with Crippen molar-refractivity contribution in [3.63, 3.8) is 0 Å². The van der Waals surface area contributed by atoms with Crippen molar-refractivity contribution >= 4 is 11.8 Å². The zero-order valence-corrected chi connectivity index (χ0v) is 19.4. The van der Waals surface area contributed by atoms with Crippen LogP contribution in [0.15, 0.2) is 67.3 Å². The van der Waals surface area contributed by atoms with Crippen molar-refractivity contribution in [1.29, 1.82) is 0 Å². The van der Waals surface area contributed by atoms with E-state index in [1.54, 1.807) is 0 Å². The number of hydrogen-bond acceptors (Lipinski definition) is 4. The van der Waals surface area contributed by atoms with Gasteiger partial charge in [0.1, 0.15) is 0 Å². The maximum atomic E-state index is 8.36. The molecule has 0 amide bonds. The van der Waals surface area contributed by atoms with E-state index in [0.29, 0.717) is 5.25 Å². The first-order valence-electron chi connectivity index (χ1n) is 10.2. The molecule has 31 heavy (non-hydrogen) atoms. The van der Waals surface area contributed by atoms with Gasteiger partial charge >= 0.3 is 0 Å². The summed E-state index contributed by atoms with van der Waals surface area (Å²) in [5.74, 6) is 1.04. The lowest BCUT2D eigenvalue weighted by Crippen LogP contribution is -2.11. The number of imidazole rings is 1. The molecule has 166 valence electrons. The first kappa shape index (κ1) is 24.5. The van der Waals surface area contributed by atoms with E-state index >= 15 is 0 Å². The van der Waals surface area contributed by atoms with E-state index in [1.807, 2.05) is 30.5 Å². The lowest BCUT2D eigenvalue weighted by atomic mass is 9.86. The normalized spacial score (nSPS) is 12.0. The summed E-state index contributed by atoms with van der Waals surface area (Å²) in [6.07, 6.45) is 6.91. The monoisotopic (exact) mass is 441 g/mol. The Balaban J connectivity index is 0.000000785. The van der Waals surface area contributed by atoms with Crippen molar-refractivity contribution in [2.24, 2.45) is 0 Å². The predicted molar refractivity (Wildman–Crippen MR) is 126 cm³/mol. The highest BCUT2D eigenvalue weighted by atomic mass is 32.2. The van der Waals surface area contributed by atoms with Gasteiger partial charge < -0.3 is 9.77 Å². The molecular formula is C24H31N3O3S. The number of nitrogens with zero attached hydrogens (tertiary/aromatic N) is 3. The summed E-state index contributed by atoms with van der Waals surface area (Å²) in [5, 5.41) is 14.1. The molecule has 0 aliphatic rings. The molecule has 1 aromatic heterocycles. The zero-order valence-electron chi connectivity index (χ0n) is 18.6. The van der Waals surface area contributed by atoms with Crippen LogP contribution in [0.25, 0.3) is 0 Å². The largest absolute Gasteiger partial charge is 0.337 e. The Morgan fingerprint density at radius 2 is 1.74 bits per heavy atom. The molecule has 0 radical (unpaired) electrons. The second-order valence-corrected chi connectivity index (χ2v) is 9.68. The summed E-state index contributed by atoms with van der Waals surface area (Å²) < 4.78 is 2.17. The molecule has 0 fully saturated rings. The van der Waals surface area contributed by atoms with Crippen molar-refractivity contribution in [3.8, 4) is 0 Å². The summed E-state index contributed by atoms with van der Waals surface area (Å²) in [7, 11) is 0. The average molecular weight is 442 g/mol. The minimum absolute atomic E-state index is 0.194. The van der Waals surface area contributed by atoms with Crippen LogP contribution in [0.3, 0.4) is 0 Å². The van der Waals surface area contributed by atoms with Gasteiger partial charge in [-0.1, -0.05) is 74.9 Å². The molecule has 1 heterocycles. The number of aryl methyl sites for hydroxylation is 2. The molecule has 1 N–H and O–H groups in total. The maximum absolute atomic E-state index is 8.36. The Hall–Kier alpha value is -2.80. The van der Waals surface area contributed by atoms with Gasteiger partial charge in [-0.2, -0.15) is 0 Å². The Morgan fingerprint density at radius 3 is 2.26 bits per heavy atom. The SMILES string of the molecule is Cc1ccc(CSC(CCn2ccnc2)c2ccc(C(C)(C)C)cc2)cc1.O=[N+]([O-])O. The molecule has 7 heteroatoms. The fraction of sp³-hybridized carbons (Fsp3) is 0.375. The predicted octanol–water partition coefficient (Wildman–Crippen LogP) is 6.21. The number of thioether (sulfide) groups is 1. The number of rotatable bonds is 7. The lowest BCUT2D eigenvalue weighted by molar-refractivity contribution is -0.742. The van der Waals surface area contributed by atoms with E-state index in [2.05, 4.69) is 85.8 Å². The second kappa shape index (κ2) is 11.6. The topological polar surface area (TPSA) is 81.2 Å². The maximum Gasteiger partial charge on any atom is 0.291 e. The second-order valence-electron chi connectivity index (χ2n) is 8.48. The lowest BCUT2D eigenvalue weighted by Gasteiger charge is -2.22. The first-order chi connectivity index (χ1) is 14.6. The molecule has 0 aliphatic heterocycles. The molecule has 3 rings (SSSR count). The van der Waals surface area contributed by atoms with Crippen LogP contribution in [0.4, 0.5) is 0 Å². The van der Waals surface area contributed by atoms with E-state index in [9.17, 15) is 0 Å². The van der Waals surface area contributed by atoms with Gasteiger partial charge in [-0.05, 0) is 35.4 Å². The summed E-state index contributed by atoms with van der Waals surface area (Å²) >= 11 is 2.04. The van der Waals surface area contributed by atoms with E-state index in [-0.39, 0.29) is 5.41 Å². The summed E-state index contributed by atoms with van der Waals surface area (Å²) in [6.45, 7) is 9.94. The molecule has 1 atom stereocenters. The number of aromatic nitrogens is 2. The van der Waals surface area contributed by atoms with Gasteiger partial charge in [0.15, 0.2) is 0 Å². The van der Waals surface area contributed by atoms with Gasteiger partial charge in [0.05, 0.1) is 6.33 Å². The van der Waals surface area contributed by atoms with E-state index in [4.69, 9.17) is 15.3 Å². The highest BCUT2D eigenvalue weighted by molar-refractivity contribution is 7.98. The van der Waals surface area contributed by atoms with Crippen LogP contribution in [0.5, 0.6) is 0 Å². The summed E-state index contributed by atoms with van der Waals surface area (Å²) in [5.41, 5.74) is 5.71. The van der Waals surface area contributed by atoms with Gasteiger partial charge in [-0.3, -0.25) is 0 Å². The third kappa shape index (κ3) is 8.84.